The normalized spacial score (nSPS) is 41.3. The topological polar surface area (TPSA) is 30.5 Å². The first-order chi connectivity index (χ1) is 8.86. The molecule has 18 heavy (non-hydrogen) atoms. The van der Waals surface area contributed by atoms with Gasteiger partial charge in [0.2, 0.25) is 0 Å². The van der Waals surface area contributed by atoms with E-state index in [-0.39, 0.29) is 5.60 Å². The monoisotopic (exact) mass is 271 g/mol. The molecule has 0 aromatic carbocycles. The average Bonchev–Trinajstić information content (AvgIpc) is 2.86. The predicted molar refractivity (Wildman–Crippen MR) is 75.2 cm³/mol. The Morgan fingerprint density at radius 3 is 3.06 bits per heavy atom. The number of rotatable bonds is 3. The number of hydrogen-bond donors (Lipinski definition) is 1. The lowest BCUT2D eigenvalue weighted by molar-refractivity contribution is -0.0710. The van der Waals surface area contributed by atoms with Gasteiger partial charge in [-0.1, -0.05) is 0 Å². The summed E-state index contributed by atoms with van der Waals surface area (Å²) in [5, 5.41) is 3.77. The van der Waals surface area contributed by atoms with Crippen molar-refractivity contribution in [2.75, 3.05) is 37.9 Å². The summed E-state index contributed by atoms with van der Waals surface area (Å²) in [4.78, 5) is 0. The van der Waals surface area contributed by atoms with Crippen molar-refractivity contribution in [3.8, 4) is 0 Å². The molecule has 3 nitrogen and oxygen atoms in total. The molecule has 4 heteroatoms. The fraction of sp³-hybridized carbons (Fsp3) is 1.00. The van der Waals surface area contributed by atoms with Crippen molar-refractivity contribution in [1.29, 1.82) is 0 Å². The summed E-state index contributed by atoms with van der Waals surface area (Å²) in [5.41, 5.74) is 0.212. The van der Waals surface area contributed by atoms with Crippen molar-refractivity contribution in [3.63, 3.8) is 0 Å². The summed E-state index contributed by atoms with van der Waals surface area (Å²) in [6, 6.07) is 0.666. The molecule has 3 heterocycles. The Balaban J connectivity index is 1.44. The zero-order valence-electron chi connectivity index (χ0n) is 11.2. The van der Waals surface area contributed by atoms with E-state index in [1.807, 2.05) is 0 Å². The van der Waals surface area contributed by atoms with E-state index in [0.717, 1.165) is 32.3 Å². The SMILES string of the molecule is C1COCC(CNC2CCOC3(CCSC3)C2)C1. The standard InChI is InChI=1S/C14H25NO2S/c1-2-12(10-16-5-1)9-15-13-3-6-17-14(8-13)4-7-18-11-14/h12-13,15H,1-11H2. The Hall–Kier alpha value is 0.230. The van der Waals surface area contributed by atoms with Gasteiger partial charge in [-0.05, 0) is 43.8 Å². The van der Waals surface area contributed by atoms with Gasteiger partial charge in [0.15, 0.2) is 0 Å². The van der Waals surface area contributed by atoms with Gasteiger partial charge in [-0.2, -0.15) is 11.8 Å². The summed E-state index contributed by atoms with van der Waals surface area (Å²) in [7, 11) is 0. The molecule has 3 rings (SSSR count). The summed E-state index contributed by atoms with van der Waals surface area (Å²) in [6.07, 6.45) is 6.22. The van der Waals surface area contributed by atoms with E-state index in [9.17, 15) is 0 Å². The maximum absolute atomic E-state index is 6.06. The van der Waals surface area contributed by atoms with Crippen molar-refractivity contribution < 1.29 is 9.47 Å². The van der Waals surface area contributed by atoms with Crippen LogP contribution in [-0.4, -0.2) is 49.5 Å². The van der Waals surface area contributed by atoms with E-state index in [1.54, 1.807) is 0 Å². The molecule has 104 valence electrons. The van der Waals surface area contributed by atoms with Crippen LogP contribution >= 0.6 is 11.8 Å². The second-order valence-electron chi connectivity index (χ2n) is 6.02. The molecule has 0 bridgehead atoms. The minimum atomic E-state index is 0.212. The van der Waals surface area contributed by atoms with Gasteiger partial charge >= 0.3 is 0 Å². The average molecular weight is 271 g/mol. The van der Waals surface area contributed by atoms with Crippen LogP contribution in [0.1, 0.15) is 32.1 Å². The van der Waals surface area contributed by atoms with Crippen LogP contribution in [0.15, 0.2) is 0 Å². The highest BCUT2D eigenvalue weighted by Crippen LogP contribution is 2.38. The lowest BCUT2D eigenvalue weighted by Crippen LogP contribution is -2.48. The van der Waals surface area contributed by atoms with Crippen LogP contribution in [0.25, 0.3) is 0 Å². The van der Waals surface area contributed by atoms with E-state index in [1.165, 1.54) is 43.6 Å². The van der Waals surface area contributed by atoms with Gasteiger partial charge in [-0.15, -0.1) is 0 Å². The highest BCUT2D eigenvalue weighted by Gasteiger charge is 2.40. The van der Waals surface area contributed by atoms with Gasteiger partial charge in [0.1, 0.15) is 0 Å². The molecule has 0 aliphatic carbocycles. The van der Waals surface area contributed by atoms with Crippen LogP contribution in [0.5, 0.6) is 0 Å². The Bertz CT molecular complexity index is 263. The first-order valence-corrected chi connectivity index (χ1v) is 8.55. The van der Waals surface area contributed by atoms with E-state index < -0.39 is 0 Å². The van der Waals surface area contributed by atoms with Gasteiger partial charge in [0, 0.05) is 31.6 Å². The number of nitrogens with one attached hydrogen (secondary N) is 1. The van der Waals surface area contributed by atoms with Gasteiger partial charge in [-0.25, -0.2) is 0 Å². The summed E-state index contributed by atoms with van der Waals surface area (Å²) >= 11 is 2.05. The third-order valence-corrected chi connectivity index (χ3v) is 5.73. The summed E-state index contributed by atoms with van der Waals surface area (Å²) in [5.74, 6) is 3.22. The molecule has 3 fully saturated rings. The third kappa shape index (κ3) is 3.21. The van der Waals surface area contributed by atoms with Crippen LogP contribution in [-0.2, 0) is 9.47 Å². The molecule has 3 saturated heterocycles. The van der Waals surface area contributed by atoms with Gasteiger partial charge in [-0.3, -0.25) is 0 Å². The smallest absolute Gasteiger partial charge is 0.0795 e. The molecular formula is C14H25NO2S. The minimum Gasteiger partial charge on any atom is -0.381 e. The van der Waals surface area contributed by atoms with Crippen molar-refractivity contribution in [3.05, 3.63) is 0 Å². The molecule has 0 amide bonds. The second kappa shape index (κ2) is 6.12. The Morgan fingerprint density at radius 2 is 2.28 bits per heavy atom. The van der Waals surface area contributed by atoms with Crippen molar-refractivity contribution in [2.45, 2.75) is 43.7 Å². The fourth-order valence-electron chi connectivity index (χ4n) is 3.37. The first-order valence-electron chi connectivity index (χ1n) is 7.39. The third-order valence-electron chi connectivity index (χ3n) is 4.51. The number of thioether (sulfide) groups is 1. The molecule has 0 radical (unpaired) electrons. The summed E-state index contributed by atoms with van der Waals surface area (Å²) in [6.45, 7) is 4.00. The van der Waals surface area contributed by atoms with Crippen molar-refractivity contribution in [1.82, 2.24) is 5.32 Å². The van der Waals surface area contributed by atoms with Gasteiger partial charge in [0.05, 0.1) is 12.2 Å². The van der Waals surface area contributed by atoms with Crippen LogP contribution < -0.4 is 5.32 Å². The van der Waals surface area contributed by atoms with Crippen LogP contribution in [0.3, 0.4) is 0 Å². The second-order valence-corrected chi connectivity index (χ2v) is 7.12. The van der Waals surface area contributed by atoms with E-state index in [4.69, 9.17) is 9.47 Å². The number of hydrogen-bond acceptors (Lipinski definition) is 4. The fourth-order valence-corrected chi connectivity index (χ4v) is 4.75. The van der Waals surface area contributed by atoms with Crippen LogP contribution in [0.2, 0.25) is 0 Å². The highest BCUT2D eigenvalue weighted by atomic mass is 32.2. The van der Waals surface area contributed by atoms with E-state index in [2.05, 4.69) is 17.1 Å². The van der Waals surface area contributed by atoms with Crippen molar-refractivity contribution in [2.24, 2.45) is 5.92 Å². The minimum absolute atomic E-state index is 0.212. The lowest BCUT2D eigenvalue weighted by atomic mass is 9.89. The van der Waals surface area contributed by atoms with Crippen molar-refractivity contribution >= 4 is 11.8 Å². The lowest BCUT2D eigenvalue weighted by Gasteiger charge is -2.38. The Kier molecular flexibility index (Phi) is 4.50. The highest BCUT2D eigenvalue weighted by molar-refractivity contribution is 7.99. The first kappa shape index (κ1) is 13.2. The summed E-state index contributed by atoms with van der Waals surface area (Å²) < 4.78 is 11.6. The van der Waals surface area contributed by atoms with E-state index in [0.29, 0.717) is 6.04 Å². The molecule has 3 unspecified atom stereocenters. The largest absolute Gasteiger partial charge is 0.381 e. The molecule has 0 saturated carbocycles. The molecule has 1 N–H and O–H groups in total. The zero-order valence-corrected chi connectivity index (χ0v) is 12.0. The van der Waals surface area contributed by atoms with Crippen LogP contribution in [0, 0.1) is 5.92 Å². The molecular weight excluding hydrogens is 246 g/mol. The maximum atomic E-state index is 6.06. The van der Waals surface area contributed by atoms with E-state index >= 15 is 0 Å². The van der Waals surface area contributed by atoms with Gasteiger partial charge < -0.3 is 14.8 Å². The molecule has 3 atom stereocenters. The zero-order chi connectivity index (χ0) is 12.3. The van der Waals surface area contributed by atoms with Gasteiger partial charge in [0.25, 0.3) is 0 Å². The Morgan fingerprint density at radius 1 is 1.28 bits per heavy atom. The molecule has 3 aliphatic rings. The molecule has 3 aliphatic heterocycles. The Labute approximate surface area is 114 Å². The maximum Gasteiger partial charge on any atom is 0.0795 e. The molecule has 0 aromatic rings. The quantitative estimate of drug-likeness (QED) is 0.851. The predicted octanol–water partition coefficient (Wildman–Crippen LogP) is 2.06. The van der Waals surface area contributed by atoms with Crippen LogP contribution in [0.4, 0.5) is 0 Å². The molecule has 0 aromatic heterocycles. The molecule has 1 spiro atoms. The number of ether oxygens (including phenoxy) is 2.